The Labute approximate surface area is 164 Å². The monoisotopic (exact) mass is 389 g/mol. The van der Waals surface area contributed by atoms with Gasteiger partial charge in [0.25, 0.3) is 0 Å². The molecule has 1 atom stereocenters. The van der Waals surface area contributed by atoms with E-state index < -0.39 is 5.41 Å². The summed E-state index contributed by atoms with van der Waals surface area (Å²) in [6, 6.07) is 6.71. The topological polar surface area (TPSA) is 45.2 Å². The summed E-state index contributed by atoms with van der Waals surface area (Å²) in [6.07, 6.45) is 3.83. The molecule has 0 bridgehead atoms. The van der Waals surface area contributed by atoms with Crippen LogP contribution >= 0.6 is 11.3 Å². The summed E-state index contributed by atoms with van der Waals surface area (Å²) in [5, 5.41) is 6.21. The van der Waals surface area contributed by atoms with E-state index in [-0.39, 0.29) is 17.8 Å². The molecule has 1 unspecified atom stereocenters. The van der Waals surface area contributed by atoms with Crippen molar-refractivity contribution in [1.29, 1.82) is 0 Å². The van der Waals surface area contributed by atoms with Crippen LogP contribution < -0.4 is 5.32 Å². The fourth-order valence-electron chi connectivity index (χ4n) is 3.42. The van der Waals surface area contributed by atoms with Crippen LogP contribution in [0.3, 0.4) is 0 Å². The first-order valence-corrected chi connectivity index (χ1v) is 10.4. The molecule has 1 aromatic heterocycles. The summed E-state index contributed by atoms with van der Waals surface area (Å²) in [6.45, 7) is 8.58. The molecule has 0 aliphatic carbocycles. The Hall–Kier alpha value is -1.79. The number of benzene rings is 1. The van der Waals surface area contributed by atoms with E-state index >= 15 is 0 Å². The van der Waals surface area contributed by atoms with Gasteiger partial charge in [0.1, 0.15) is 10.8 Å². The predicted molar refractivity (Wildman–Crippen MR) is 107 cm³/mol. The molecule has 6 heteroatoms. The summed E-state index contributed by atoms with van der Waals surface area (Å²) in [7, 11) is 0. The summed E-state index contributed by atoms with van der Waals surface area (Å²) in [5.74, 6) is 0.252. The Kier molecular flexibility index (Phi) is 6.27. The molecule has 1 N–H and O–H groups in total. The van der Waals surface area contributed by atoms with Crippen molar-refractivity contribution in [3.8, 4) is 0 Å². The number of piperidine rings is 1. The van der Waals surface area contributed by atoms with Crippen molar-refractivity contribution in [3.63, 3.8) is 0 Å². The third-order valence-electron chi connectivity index (χ3n) is 5.11. The van der Waals surface area contributed by atoms with Crippen LogP contribution in [0, 0.1) is 17.2 Å². The second kappa shape index (κ2) is 8.48. The van der Waals surface area contributed by atoms with Gasteiger partial charge in [-0.05, 0) is 49.5 Å². The number of halogens is 1. The molecule has 146 valence electrons. The van der Waals surface area contributed by atoms with Crippen LogP contribution in [-0.4, -0.2) is 28.9 Å². The van der Waals surface area contributed by atoms with E-state index in [9.17, 15) is 9.18 Å². The second-order valence-electron chi connectivity index (χ2n) is 8.31. The summed E-state index contributed by atoms with van der Waals surface area (Å²) in [5.41, 5.74) is 0.714. The van der Waals surface area contributed by atoms with Crippen LogP contribution in [0.1, 0.15) is 50.2 Å². The Balaban J connectivity index is 1.62. The Morgan fingerprint density at radius 3 is 2.52 bits per heavy atom. The minimum atomic E-state index is -0.418. The molecule has 3 rings (SSSR count). The third kappa shape index (κ3) is 5.36. The highest BCUT2D eigenvalue weighted by molar-refractivity contribution is 7.09. The van der Waals surface area contributed by atoms with E-state index in [0.29, 0.717) is 5.92 Å². The van der Waals surface area contributed by atoms with Gasteiger partial charge in [-0.25, -0.2) is 9.37 Å². The van der Waals surface area contributed by atoms with Gasteiger partial charge in [-0.15, -0.1) is 11.3 Å². The Bertz CT molecular complexity index is 732. The number of thiazole rings is 1. The van der Waals surface area contributed by atoms with Crippen molar-refractivity contribution in [2.24, 2.45) is 11.3 Å². The van der Waals surface area contributed by atoms with E-state index in [2.05, 4.69) is 15.2 Å². The standard InChI is InChI=1S/C21H28FN3OS/c1-21(2,3)20(26)24-18(19-23-10-13-27-19)16-8-11-25(12-9-16)14-15-4-6-17(22)7-5-15/h4-7,10,13,16,18H,8-9,11-12,14H2,1-3H3,(H,24,26). The van der Waals surface area contributed by atoms with Gasteiger partial charge in [0, 0.05) is 23.5 Å². The average molecular weight is 390 g/mol. The SMILES string of the molecule is CC(C)(C)C(=O)NC(c1nccs1)C1CCN(Cc2ccc(F)cc2)CC1. The molecule has 1 fully saturated rings. The number of nitrogens with zero attached hydrogens (tertiary/aromatic N) is 2. The molecule has 4 nitrogen and oxygen atoms in total. The van der Waals surface area contributed by atoms with E-state index in [0.717, 1.165) is 43.0 Å². The van der Waals surface area contributed by atoms with Crippen LogP contribution in [0.15, 0.2) is 35.8 Å². The van der Waals surface area contributed by atoms with Gasteiger partial charge in [0.15, 0.2) is 0 Å². The maximum Gasteiger partial charge on any atom is 0.225 e. The zero-order chi connectivity index (χ0) is 19.4. The lowest BCUT2D eigenvalue weighted by Crippen LogP contribution is -2.43. The zero-order valence-corrected chi connectivity index (χ0v) is 17.1. The maximum absolute atomic E-state index is 13.1. The molecule has 2 heterocycles. The van der Waals surface area contributed by atoms with Gasteiger partial charge in [-0.1, -0.05) is 32.9 Å². The molecular weight excluding hydrogens is 361 g/mol. The molecule has 0 saturated carbocycles. The largest absolute Gasteiger partial charge is 0.346 e. The van der Waals surface area contributed by atoms with Crippen molar-refractivity contribution >= 4 is 17.2 Å². The fraction of sp³-hybridized carbons (Fsp3) is 0.524. The highest BCUT2D eigenvalue weighted by Gasteiger charge is 2.33. The lowest BCUT2D eigenvalue weighted by molar-refractivity contribution is -0.129. The average Bonchev–Trinajstić information content (AvgIpc) is 3.16. The molecule has 1 amide bonds. The molecule has 27 heavy (non-hydrogen) atoms. The maximum atomic E-state index is 13.1. The number of hydrogen-bond acceptors (Lipinski definition) is 4. The first-order valence-electron chi connectivity index (χ1n) is 9.50. The number of aromatic nitrogens is 1. The van der Waals surface area contributed by atoms with Crippen LogP contribution in [0.25, 0.3) is 0 Å². The van der Waals surface area contributed by atoms with Crippen molar-refractivity contribution in [1.82, 2.24) is 15.2 Å². The summed E-state index contributed by atoms with van der Waals surface area (Å²) < 4.78 is 13.1. The Morgan fingerprint density at radius 1 is 1.30 bits per heavy atom. The number of nitrogens with one attached hydrogen (secondary N) is 1. The van der Waals surface area contributed by atoms with Crippen LogP contribution in [-0.2, 0) is 11.3 Å². The van der Waals surface area contributed by atoms with Crippen LogP contribution in [0.4, 0.5) is 4.39 Å². The summed E-state index contributed by atoms with van der Waals surface area (Å²) >= 11 is 1.61. The third-order valence-corrected chi connectivity index (χ3v) is 5.97. The van der Waals surface area contributed by atoms with E-state index in [1.807, 2.05) is 38.3 Å². The van der Waals surface area contributed by atoms with Crippen LogP contribution in [0.2, 0.25) is 0 Å². The van der Waals surface area contributed by atoms with E-state index in [1.165, 1.54) is 12.1 Å². The van der Waals surface area contributed by atoms with Gasteiger partial charge in [-0.3, -0.25) is 9.69 Å². The molecule has 1 aliphatic heterocycles. The molecule has 0 radical (unpaired) electrons. The van der Waals surface area contributed by atoms with Crippen molar-refractivity contribution < 1.29 is 9.18 Å². The number of rotatable bonds is 5. The highest BCUT2D eigenvalue weighted by Crippen LogP contribution is 2.33. The molecule has 2 aromatic rings. The van der Waals surface area contributed by atoms with E-state index in [4.69, 9.17) is 0 Å². The minimum Gasteiger partial charge on any atom is -0.346 e. The molecule has 1 aliphatic rings. The lowest BCUT2D eigenvalue weighted by Gasteiger charge is -2.36. The highest BCUT2D eigenvalue weighted by atomic mass is 32.1. The van der Waals surface area contributed by atoms with Crippen molar-refractivity contribution in [2.75, 3.05) is 13.1 Å². The number of amides is 1. The number of carbonyl (C=O) groups excluding carboxylic acids is 1. The fourth-order valence-corrected chi connectivity index (χ4v) is 4.20. The number of hydrogen-bond donors (Lipinski definition) is 1. The van der Waals surface area contributed by atoms with Crippen LogP contribution in [0.5, 0.6) is 0 Å². The smallest absolute Gasteiger partial charge is 0.225 e. The predicted octanol–water partition coefficient (Wildman–Crippen LogP) is 4.40. The number of carbonyl (C=O) groups is 1. The first-order chi connectivity index (χ1) is 12.8. The van der Waals surface area contributed by atoms with Gasteiger partial charge >= 0.3 is 0 Å². The van der Waals surface area contributed by atoms with Crippen molar-refractivity contribution in [3.05, 3.63) is 52.2 Å². The van der Waals surface area contributed by atoms with Gasteiger partial charge in [0.2, 0.25) is 5.91 Å². The minimum absolute atomic E-state index is 0.0234. The van der Waals surface area contributed by atoms with Crippen molar-refractivity contribution in [2.45, 2.75) is 46.2 Å². The second-order valence-corrected chi connectivity index (χ2v) is 9.24. The van der Waals surface area contributed by atoms with Gasteiger partial charge in [0.05, 0.1) is 6.04 Å². The normalized spacial score (nSPS) is 17.6. The number of likely N-dealkylation sites (tertiary alicyclic amines) is 1. The molecule has 1 saturated heterocycles. The molecular formula is C21H28FN3OS. The zero-order valence-electron chi connectivity index (χ0n) is 16.2. The Morgan fingerprint density at radius 2 is 1.96 bits per heavy atom. The lowest BCUT2D eigenvalue weighted by atomic mass is 9.87. The molecule has 1 aromatic carbocycles. The van der Waals surface area contributed by atoms with E-state index in [1.54, 1.807) is 17.5 Å². The quantitative estimate of drug-likeness (QED) is 0.824. The molecule has 0 spiro atoms. The van der Waals surface area contributed by atoms with Gasteiger partial charge < -0.3 is 5.32 Å². The first kappa shape index (κ1) is 20.0. The van der Waals surface area contributed by atoms with Gasteiger partial charge in [-0.2, -0.15) is 0 Å². The summed E-state index contributed by atoms with van der Waals surface area (Å²) in [4.78, 5) is 19.4.